The maximum atomic E-state index is 12.9. The summed E-state index contributed by atoms with van der Waals surface area (Å²) in [5.74, 6) is 0.458. The Hall–Kier alpha value is -2.19. The summed E-state index contributed by atoms with van der Waals surface area (Å²) < 4.78 is 5.52. The van der Waals surface area contributed by atoms with Gasteiger partial charge in [0.25, 0.3) is 5.91 Å². The molecule has 1 amide bonds. The summed E-state index contributed by atoms with van der Waals surface area (Å²) in [6.45, 7) is 0.600. The van der Waals surface area contributed by atoms with Gasteiger partial charge in [-0.1, -0.05) is 23.7 Å². The Balaban J connectivity index is 1.56. The average molecular weight is 390 g/mol. The van der Waals surface area contributed by atoms with Crippen LogP contribution in [-0.4, -0.2) is 63.6 Å². The minimum absolute atomic E-state index is 0.0721. The van der Waals surface area contributed by atoms with Crippen molar-refractivity contribution in [3.05, 3.63) is 59.0 Å². The van der Waals surface area contributed by atoms with Crippen LogP contribution >= 0.6 is 11.6 Å². The molecular formula is C19H20ClN3O4. The third-order valence-corrected chi connectivity index (χ3v) is 5.16. The van der Waals surface area contributed by atoms with Gasteiger partial charge in [-0.05, 0) is 29.8 Å². The molecular weight excluding hydrogens is 370 g/mol. The first-order valence-corrected chi connectivity index (χ1v) is 9.16. The number of hydrazone groups is 1. The molecule has 3 atom stereocenters. The fourth-order valence-electron chi connectivity index (χ4n) is 3.50. The second-order valence-corrected chi connectivity index (χ2v) is 7.29. The number of furan rings is 1. The molecule has 0 spiro atoms. The summed E-state index contributed by atoms with van der Waals surface area (Å²) in [7, 11) is 0. The molecule has 1 fully saturated rings. The molecule has 0 saturated carbocycles. The number of likely N-dealkylation sites (tertiary alicyclic amines) is 1. The lowest BCUT2D eigenvalue weighted by Crippen LogP contribution is -2.37. The fraction of sp³-hybridized carbons (Fsp3) is 0.368. The third-order valence-electron chi connectivity index (χ3n) is 4.91. The summed E-state index contributed by atoms with van der Waals surface area (Å²) in [5, 5.41) is 26.0. The van der Waals surface area contributed by atoms with E-state index in [0.29, 0.717) is 17.2 Å². The predicted octanol–water partition coefficient (Wildman–Crippen LogP) is 1.65. The lowest BCUT2D eigenvalue weighted by Gasteiger charge is -2.22. The molecule has 4 rings (SSSR count). The van der Waals surface area contributed by atoms with E-state index in [2.05, 4.69) is 5.10 Å². The van der Waals surface area contributed by atoms with Crippen molar-refractivity contribution in [1.82, 2.24) is 9.91 Å². The van der Waals surface area contributed by atoms with E-state index in [4.69, 9.17) is 16.0 Å². The van der Waals surface area contributed by atoms with Crippen LogP contribution in [0.25, 0.3) is 0 Å². The van der Waals surface area contributed by atoms with Gasteiger partial charge in [0.15, 0.2) is 0 Å². The molecule has 0 bridgehead atoms. The van der Waals surface area contributed by atoms with Crippen molar-refractivity contribution in [3.63, 3.8) is 0 Å². The van der Waals surface area contributed by atoms with Gasteiger partial charge in [-0.25, -0.2) is 5.01 Å². The Morgan fingerprint density at radius 3 is 2.52 bits per heavy atom. The van der Waals surface area contributed by atoms with Gasteiger partial charge >= 0.3 is 0 Å². The van der Waals surface area contributed by atoms with Gasteiger partial charge in [-0.2, -0.15) is 5.10 Å². The normalized spacial score (nSPS) is 25.8. The quantitative estimate of drug-likeness (QED) is 0.829. The van der Waals surface area contributed by atoms with E-state index >= 15 is 0 Å². The first-order chi connectivity index (χ1) is 13.0. The van der Waals surface area contributed by atoms with Crippen molar-refractivity contribution in [1.29, 1.82) is 0 Å². The second kappa shape index (κ2) is 7.44. The molecule has 3 heterocycles. The first-order valence-electron chi connectivity index (χ1n) is 8.78. The van der Waals surface area contributed by atoms with Crippen LogP contribution in [0, 0.1) is 0 Å². The molecule has 8 heteroatoms. The Labute approximate surface area is 161 Å². The van der Waals surface area contributed by atoms with Gasteiger partial charge in [0, 0.05) is 24.5 Å². The first kappa shape index (κ1) is 18.2. The van der Waals surface area contributed by atoms with Gasteiger partial charge < -0.3 is 14.6 Å². The molecule has 7 nitrogen and oxygen atoms in total. The largest absolute Gasteiger partial charge is 0.467 e. The van der Waals surface area contributed by atoms with E-state index in [9.17, 15) is 15.0 Å². The maximum Gasteiger partial charge on any atom is 0.257 e. The SMILES string of the molecule is O=C(CN1C[C@@H](O)[C@@H](O)C1)N1N=C(c2ccc(Cl)cc2)CC1c1ccco1. The topological polar surface area (TPSA) is 89.5 Å². The monoisotopic (exact) mass is 389 g/mol. The van der Waals surface area contributed by atoms with Crippen LogP contribution in [-0.2, 0) is 4.79 Å². The van der Waals surface area contributed by atoms with Crippen molar-refractivity contribution < 1.29 is 19.4 Å². The highest BCUT2D eigenvalue weighted by Gasteiger charge is 2.37. The number of nitrogens with zero attached hydrogens (tertiary/aromatic N) is 3. The number of aliphatic hydroxyl groups is 2. The van der Waals surface area contributed by atoms with E-state index in [1.165, 1.54) is 5.01 Å². The number of benzene rings is 1. The van der Waals surface area contributed by atoms with Crippen LogP contribution in [0.4, 0.5) is 0 Å². The molecule has 2 N–H and O–H groups in total. The lowest BCUT2D eigenvalue weighted by molar-refractivity contribution is -0.134. The summed E-state index contributed by atoms with van der Waals surface area (Å²) in [6.07, 6.45) is 0.452. The number of carbonyl (C=O) groups excluding carboxylic acids is 1. The van der Waals surface area contributed by atoms with Crippen LogP contribution in [0.5, 0.6) is 0 Å². The van der Waals surface area contributed by atoms with Gasteiger partial charge in [0.1, 0.15) is 11.8 Å². The standard InChI is InChI=1S/C19H20ClN3O4/c20-13-5-3-12(4-6-13)14-8-15(18-2-1-7-27-18)23(21-14)19(26)11-22-9-16(24)17(25)10-22/h1-7,15-17,24-25H,8-11H2/t15?,16-,17+. The van der Waals surface area contributed by atoms with Crippen LogP contribution in [0.1, 0.15) is 23.8 Å². The van der Waals surface area contributed by atoms with E-state index in [0.717, 1.165) is 11.3 Å². The van der Waals surface area contributed by atoms with Crippen molar-refractivity contribution in [2.45, 2.75) is 24.7 Å². The maximum absolute atomic E-state index is 12.9. The van der Waals surface area contributed by atoms with Crippen LogP contribution < -0.4 is 0 Å². The van der Waals surface area contributed by atoms with Crippen molar-refractivity contribution in [2.75, 3.05) is 19.6 Å². The lowest BCUT2D eigenvalue weighted by atomic mass is 10.0. The van der Waals surface area contributed by atoms with E-state index < -0.39 is 12.2 Å². The van der Waals surface area contributed by atoms with E-state index in [1.54, 1.807) is 29.4 Å². The molecule has 27 heavy (non-hydrogen) atoms. The number of carbonyl (C=O) groups is 1. The number of β-amino-alcohol motifs (C(OH)–C–C–N with tert-alkyl or cyclic N) is 2. The molecule has 142 valence electrons. The van der Waals surface area contributed by atoms with Gasteiger partial charge in [0.05, 0.1) is 30.7 Å². The zero-order valence-corrected chi connectivity index (χ0v) is 15.3. The number of hydrogen-bond acceptors (Lipinski definition) is 6. The Bertz CT molecular complexity index is 827. The molecule has 0 aliphatic carbocycles. The van der Waals surface area contributed by atoms with Crippen LogP contribution in [0.15, 0.2) is 52.2 Å². The Morgan fingerprint density at radius 2 is 1.89 bits per heavy atom. The highest BCUT2D eigenvalue weighted by Crippen LogP contribution is 2.33. The highest BCUT2D eigenvalue weighted by molar-refractivity contribution is 6.30. The minimum atomic E-state index is -0.828. The van der Waals surface area contributed by atoms with Crippen molar-refractivity contribution in [3.8, 4) is 0 Å². The number of aliphatic hydroxyl groups excluding tert-OH is 2. The molecule has 1 unspecified atom stereocenters. The average Bonchev–Trinajstić information content (AvgIpc) is 3.36. The van der Waals surface area contributed by atoms with Crippen molar-refractivity contribution in [2.24, 2.45) is 5.10 Å². The fourth-order valence-corrected chi connectivity index (χ4v) is 3.63. The number of rotatable bonds is 4. The van der Waals surface area contributed by atoms with E-state index in [-0.39, 0.29) is 31.6 Å². The van der Waals surface area contributed by atoms with Crippen LogP contribution in [0.2, 0.25) is 5.02 Å². The molecule has 1 aromatic heterocycles. The Morgan fingerprint density at radius 1 is 1.19 bits per heavy atom. The smallest absolute Gasteiger partial charge is 0.257 e. The summed E-state index contributed by atoms with van der Waals surface area (Å²) in [6, 6.07) is 10.6. The highest BCUT2D eigenvalue weighted by atomic mass is 35.5. The summed E-state index contributed by atoms with van der Waals surface area (Å²) in [4.78, 5) is 14.6. The van der Waals surface area contributed by atoms with Gasteiger partial charge in [-0.3, -0.25) is 9.69 Å². The molecule has 2 aromatic rings. The van der Waals surface area contributed by atoms with Gasteiger partial charge in [-0.15, -0.1) is 0 Å². The number of amides is 1. The molecule has 2 aliphatic heterocycles. The number of halogens is 1. The third kappa shape index (κ3) is 3.77. The molecule has 1 saturated heterocycles. The minimum Gasteiger partial charge on any atom is -0.467 e. The summed E-state index contributed by atoms with van der Waals surface area (Å²) in [5.41, 5.74) is 1.68. The molecule has 1 aromatic carbocycles. The molecule has 0 radical (unpaired) electrons. The second-order valence-electron chi connectivity index (χ2n) is 6.86. The predicted molar refractivity (Wildman–Crippen MR) is 99.4 cm³/mol. The molecule has 2 aliphatic rings. The van der Waals surface area contributed by atoms with Crippen molar-refractivity contribution >= 4 is 23.2 Å². The zero-order chi connectivity index (χ0) is 19.0. The summed E-state index contributed by atoms with van der Waals surface area (Å²) >= 11 is 5.96. The Kier molecular flexibility index (Phi) is 5.01. The van der Waals surface area contributed by atoms with E-state index in [1.807, 2.05) is 18.2 Å². The zero-order valence-electron chi connectivity index (χ0n) is 14.5. The number of hydrogen-bond donors (Lipinski definition) is 2. The van der Waals surface area contributed by atoms with Gasteiger partial charge in [0.2, 0.25) is 0 Å². The van der Waals surface area contributed by atoms with Crippen LogP contribution in [0.3, 0.4) is 0 Å².